The molecule has 196 valence electrons. The van der Waals surface area contributed by atoms with E-state index in [-0.39, 0.29) is 16.9 Å². The summed E-state index contributed by atoms with van der Waals surface area (Å²) in [5, 5.41) is 1.78. The van der Waals surface area contributed by atoms with Gasteiger partial charge in [-0.2, -0.15) is 13.2 Å². The second-order valence-electron chi connectivity index (χ2n) is 8.99. The lowest BCUT2D eigenvalue weighted by Gasteiger charge is -2.14. The summed E-state index contributed by atoms with van der Waals surface area (Å²) >= 11 is 0. The van der Waals surface area contributed by atoms with Crippen molar-refractivity contribution < 1.29 is 31.9 Å². The fourth-order valence-corrected chi connectivity index (χ4v) is 4.31. The fourth-order valence-electron chi connectivity index (χ4n) is 4.31. The summed E-state index contributed by atoms with van der Waals surface area (Å²) in [6.07, 6.45) is -2.22. The number of hydrogen-bond donors (Lipinski definition) is 0. The van der Waals surface area contributed by atoms with Gasteiger partial charge < -0.3 is 13.9 Å². The van der Waals surface area contributed by atoms with Crippen LogP contribution in [0.15, 0.2) is 94.2 Å². The topological polar surface area (TPSA) is 65.7 Å². The van der Waals surface area contributed by atoms with Gasteiger partial charge >= 0.3 is 12.1 Å². The number of carbonyl (C=O) groups is 1. The van der Waals surface area contributed by atoms with Gasteiger partial charge in [0.2, 0.25) is 11.2 Å². The van der Waals surface area contributed by atoms with Crippen molar-refractivity contribution in [2.24, 2.45) is 0 Å². The third kappa shape index (κ3) is 5.55. The highest BCUT2D eigenvalue weighted by Gasteiger charge is 2.40. The molecule has 0 bridgehead atoms. The van der Waals surface area contributed by atoms with Crippen LogP contribution in [-0.4, -0.2) is 5.97 Å². The average Bonchev–Trinajstić information content (AvgIpc) is 2.87. The Morgan fingerprint density at radius 1 is 0.846 bits per heavy atom. The number of alkyl halides is 3. The molecular weight excluding hydrogens is 509 g/mol. The summed E-state index contributed by atoms with van der Waals surface area (Å²) in [5.41, 5.74) is 0.898. The zero-order valence-electron chi connectivity index (χ0n) is 20.8. The van der Waals surface area contributed by atoms with E-state index in [1.165, 1.54) is 30.3 Å². The summed E-state index contributed by atoms with van der Waals surface area (Å²) < 4.78 is 57.5. The van der Waals surface area contributed by atoms with Gasteiger partial charge in [0.25, 0.3) is 5.76 Å². The van der Waals surface area contributed by atoms with E-state index in [0.717, 1.165) is 33.5 Å². The Morgan fingerprint density at radius 3 is 2.31 bits per heavy atom. The van der Waals surface area contributed by atoms with Gasteiger partial charge in [-0.3, -0.25) is 4.79 Å². The molecule has 8 heteroatoms. The van der Waals surface area contributed by atoms with E-state index in [1.807, 2.05) is 48.5 Å². The van der Waals surface area contributed by atoms with Gasteiger partial charge in [-0.15, -0.1) is 0 Å². The van der Waals surface area contributed by atoms with Crippen LogP contribution in [0.5, 0.6) is 17.2 Å². The first kappa shape index (κ1) is 25.8. The normalized spacial score (nSPS) is 11.8. The molecule has 1 aromatic heterocycles. The number of fused-ring (bicyclic) bond motifs is 2. The summed E-state index contributed by atoms with van der Waals surface area (Å²) in [6, 6.07) is 21.8. The summed E-state index contributed by atoms with van der Waals surface area (Å²) in [5.74, 6) is -3.32. The predicted molar refractivity (Wildman–Crippen MR) is 142 cm³/mol. The summed E-state index contributed by atoms with van der Waals surface area (Å²) in [6.45, 7) is 3.51. The van der Waals surface area contributed by atoms with Crippen LogP contribution in [0.4, 0.5) is 13.2 Å². The predicted octanol–water partition coefficient (Wildman–Crippen LogP) is 7.99. The Labute approximate surface area is 220 Å². The standard InChI is InChI=1S/C31H21F3O5/c1-18-14-19(2)16-23(15-18)38-29-28(36)25-12-11-22(17-26(25)39-30(29)31(32,33)34)37-27(35)13-10-21-8-5-7-20-6-3-4-9-24(20)21/h3-17H,1-2H3/b13-10+. The molecule has 0 saturated heterocycles. The number of esters is 1. The van der Waals surface area contributed by atoms with Gasteiger partial charge in [0, 0.05) is 12.1 Å². The number of aryl methyl sites for hydroxylation is 2. The van der Waals surface area contributed by atoms with Gasteiger partial charge in [0.05, 0.1) is 5.39 Å². The molecule has 0 radical (unpaired) electrons. The van der Waals surface area contributed by atoms with E-state index in [0.29, 0.717) is 0 Å². The van der Waals surface area contributed by atoms with E-state index >= 15 is 0 Å². The van der Waals surface area contributed by atoms with Crippen molar-refractivity contribution in [1.29, 1.82) is 0 Å². The van der Waals surface area contributed by atoms with Crippen LogP contribution in [0.25, 0.3) is 27.8 Å². The number of ether oxygens (including phenoxy) is 2. The molecule has 0 aliphatic rings. The minimum absolute atomic E-state index is 0.0770. The quantitative estimate of drug-likeness (QED) is 0.131. The van der Waals surface area contributed by atoms with Crippen molar-refractivity contribution in [2.45, 2.75) is 20.0 Å². The zero-order valence-corrected chi connectivity index (χ0v) is 20.8. The van der Waals surface area contributed by atoms with Crippen molar-refractivity contribution >= 4 is 33.8 Å². The monoisotopic (exact) mass is 530 g/mol. The molecule has 5 nitrogen and oxygen atoms in total. The van der Waals surface area contributed by atoms with Crippen LogP contribution >= 0.6 is 0 Å². The molecule has 0 fully saturated rings. The van der Waals surface area contributed by atoms with Crippen LogP contribution in [0.3, 0.4) is 0 Å². The maximum absolute atomic E-state index is 13.9. The summed E-state index contributed by atoms with van der Waals surface area (Å²) in [7, 11) is 0. The van der Waals surface area contributed by atoms with Crippen LogP contribution in [-0.2, 0) is 11.0 Å². The molecule has 0 N–H and O–H groups in total. The molecule has 4 aromatic carbocycles. The number of halogens is 3. The van der Waals surface area contributed by atoms with Gasteiger partial charge in [-0.25, -0.2) is 4.79 Å². The molecule has 5 rings (SSSR count). The van der Waals surface area contributed by atoms with E-state index in [2.05, 4.69) is 0 Å². The van der Waals surface area contributed by atoms with E-state index in [1.54, 1.807) is 19.9 Å². The van der Waals surface area contributed by atoms with Crippen LogP contribution in [0, 0.1) is 13.8 Å². The van der Waals surface area contributed by atoms with Crippen molar-refractivity contribution in [2.75, 3.05) is 0 Å². The smallest absolute Gasteiger partial charge is 0.449 e. The number of carbonyl (C=O) groups excluding carboxylic acids is 1. The third-order valence-electron chi connectivity index (χ3n) is 5.94. The lowest BCUT2D eigenvalue weighted by Crippen LogP contribution is -2.15. The lowest BCUT2D eigenvalue weighted by atomic mass is 10.0. The molecule has 39 heavy (non-hydrogen) atoms. The Bertz CT molecular complexity index is 1790. The van der Waals surface area contributed by atoms with Crippen LogP contribution in [0.1, 0.15) is 22.5 Å². The first-order chi connectivity index (χ1) is 18.6. The Hall–Kier alpha value is -4.85. The van der Waals surface area contributed by atoms with Gasteiger partial charge in [-0.05, 0) is 71.7 Å². The van der Waals surface area contributed by atoms with Crippen LogP contribution in [0.2, 0.25) is 0 Å². The van der Waals surface area contributed by atoms with Gasteiger partial charge in [0.15, 0.2) is 0 Å². The number of hydrogen-bond acceptors (Lipinski definition) is 5. The SMILES string of the molecule is Cc1cc(C)cc(Oc2c(C(F)(F)F)oc3cc(OC(=O)/C=C/c4cccc5ccccc45)ccc3c2=O)c1. The molecule has 0 unspecified atom stereocenters. The Kier molecular flexibility index (Phi) is 6.70. The molecule has 1 heterocycles. The molecular formula is C31H21F3O5. The molecule has 0 atom stereocenters. The maximum atomic E-state index is 13.9. The van der Waals surface area contributed by atoms with Gasteiger partial charge in [-0.1, -0.05) is 48.5 Å². The first-order valence-corrected chi connectivity index (χ1v) is 11.9. The number of benzene rings is 4. The highest BCUT2D eigenvalue weighted by atomic mass is 19.4. The van der Waals surface area contributed by atoms with Gasteiger partial charge in [0.1, 0.15) is 17.1 Å². The second-order valence-corrected chi connectivity index (χ2v) is 8.99. The van der Waals surface area contributed by atoms with Crippen molar-refractivity contribution in [3.05, 3.63) is 118 Å². The second kappa shape index (κ2) is 10.1. The minimum atomic E-state index is -5.02. The van der Waals surface area contributed by atoms with E-state index in [4.69, 9.17) is 13.9 Å². The van der Waals surface area contributed by atoms with E-state index in [9.17, 15) is 22.8 Å². The van der Waals surface area contributed by atoms with Crippen LogP contribution < -0.4 is 14.9 Å². The number of rotatable bonds is 5. The van der Waals surface area contributed by atoms with E-state index < -0.39 is 34.7 Å². The minimum Gasteiger partial charge on any atom is -0.449 e. The van der Waals surface area contributed by atoms with Crippen molar-refractivity contribution in [3.63, 3.8) is 0 Å². The summed E-state index contributed by atoms with van der Waals surface area (Å²) in [4.78, 5) is 25.5. The molecule has 5 aromatic rings. The molecule has 0 spiro atoms. The highest BCUT2D eigenvalue weighted by Crippen LogP contribution is 2.39. The van der Waals surface area contributed by atoms with Crippen molar-refractivity contribution in [3.8, 4) is 17.2 Å². The zero-order chi connectivity index (χ0) is 27.7. The molecule has 0 aliphatic heterocycles. The lowest BCUT2D eigenvalue weighted by molar-refractivity contribution is -0.154. The Balaban J connectivity index is 1.46. The average molecular weight is 530 g/mol. The highest BCUT2D eigenvalue weighted by molar-refractivity contribution is 5.95. The molecule has 0 amide bonds. The maximum Gasteiger partial charge on any atom is 0.453 e. The molecule has 0 saturated carbocycles. The molecule has 0 aliphatic carbocycles. The third-order valence-corrected chi connectivity index (χ3v) is 5.94. The first-order valence-electron chi connectivity index (χ1n) is 11.9. The van der Waals surface area contributed by atoms with Crippen molar-refractivity contribution in [1.82, 2.24) is 0 Å². The largest absolute Gasteiger partial charge is 0.453 e. The Morgan fingerprint density at radius 2 is 1.56 bits per heavy atom. The fraction of sp³-hybridized carbons (Fsp3) is 0.0968.